The number of halogens is 1. The Balaban J connectivity index is 1.64. The molecule has 0 atom stereocenters. The van der Waals surface area contributed by atoms with E-state index in [0.717, 1.165) is 42.9 Å². The molecular weight excluding hydrogens is 353 g/mol. The number of nitrogens with zero attached hydrogens (tertiary/aromatic N) is 4. The van der Waals surface area contributed by atoms with Crippen molar-refractivity contribution in [3.05, 3.63) is 60.2 Å². The van der Waals surface area contributed by atoms with E-state index in [-0.39, 0.29) is 5.82 Å². The molecule has 4 rings (SSSR count). The highest BCUT2D eigenvalue weighted by atomic mass is 19.1. The van der Waals surface area contributed by atoms with Crippen molar-refractivity contribution in [3.8, 4) is 0 Å². The first-order valence-electron chi connectivity index (χ1n) is 9.51. The van der Waals surface area contributed by atoms with Crippen LogP contribution in [-0.4, -0.2) is 48.1 Å². The van der Waals surface area contributed by atoms with Crippen LogP contribution in [0.1, 0.15) is 12.5 Å². The van der Waals surface area contributed by atoms with Gasteiger partial charge in [0.1, 0.15) is 18.0 Å². The summed E-state index contributed by atoms with van der Waals surface area (Å²) in [6.07, 6.45) is 5.56. The largest absolute Gasteiger partial charge is 0.367 e. The number of fused-ring (bicyclic) bond motifs is 1. The number of benzene rings is 2. The maximum Gasteiger partial charge on any atom is 0.147 e. The fourth-order valence-electron chi connectivity index (χ4n) is 3.46. The third kappa shape index (κ3) is 3.82. The van der Waals surface area contributed by atoms with E-state index < -0.39 is 0 Å². The lowest BCUT2D eigenvalue weighted by atomic mass is 10.1. The van der Waals surface area contributed by atoms with E-state index in [1.165, 1.54) is 6.33 Å². The number of rotatable bonds is 4. The Morgan fingerprint density at radius 3 is 2.50 bits per heavy atom. The van der Waals surface area contributed by atoms with E-state index in [4.69, 9.17) is 0 Å². The van der Waals surface area contributed by atoms with Crippen LogP contribution in [0.5, 0.6) is 0 Å². The minimum absolute atomic E-state index is 0.238. The normalized spacial score (nSPS) is 15.5. The second kappa shape index (κ2) is 7.94. The summed E-state index contributed by atoms with van der Waals surface area (Å²) in [7, 11) is 2.09. The smallest absolute Gasteiger partial charge is 0.147 e. The lowest BCUT2D eigenvalue weighted by molar-refractivity contribution is 0.312. The Bertz CT molecular complexity index is 992. The van der Waals surface area contributed by atoms with Crippen molar-refractivity contribution in [2.24, 2.45) is 0 Å². The quantitative estimate of drug-likeness (QED) is 0.734. The molecule has 1 N–H and O–H groups in total. The molecule has 144 valence electrons. The molecule has 5 nitrogen and oxygen atoms in total. The first-order valence-corrected chi connectivity index (χ1v) is 9.51. The van der Waals surface area contributed by atoms with Gasteiger partial charge in [0.15, 0.2) is 0 Å². The highest BCUT2D eigenvalue weighted by molar-refractivity contribution is 5.92. The van der Waals surface area contributed by atoms with Gasteiger partial charge in [-0.05, 0) is 43.8 Å². The summed E-state index contributed by atoms with van der Waals surface area (Å²) in [6.45, 7) is 5.47. The van der Waals surface area contributed by atoms with Gasteiger partial charge in [-0.1, -0.05) is 24.3 Å². The fourth-order valence-corrected chi connectivity index (χ4v) is 3.46. The van der Waals surface area contributed by atoms with Crippen LogP contribution in [0.15, 0.2) is 48.8 Å². The van der Waals surface area contributed by atoms with Crippen molar-refractivity contribution < 1.29 is 4.39 Å². The average Bonchev–Trinajstić information content (AvgIpc) is 2.70. The number of likely N-dealkylation sites (N-methyl/N-ethyl adjacent to an activating group) is 1. The summed E-state index contributed by atoms with van der Waals surface area (Å²) < 4.78 is 14.9. The van der Waals surface area contributed by atoms with Gasteiger partial charge in [0.2, 0.25) is 0 Å². The maximum atomic E-state index is 14.9. The molecule has 0 saturated carbocycles. The van der Waals surface area contributed by atoms with E-state index in [2.05, 4.69) is 32.1 Å². The molecule has 0 unspecified atom stereocenters. The van der Waals surface area contributed by atoms with E-state index in [9.17, 15) is 4.39 Å². The van der Waals surface area contributed by atoms with Gasteiger partial charge in [-0.25, -0.2) is 14.4 Å². The highest BCUT2D eigenvalue weighted by Crippen LogP contribution is 2.30. The molecule has 0 amide bonds. The third-order valence-corrected chi connectivity index (χ3v) is 5.08. The molecule has 0 radical (unpaired) electrons. The number of nitrogens with one attached hydrogen (secondary N) is 1. The lowest BCUT2D eigenvalue weighted by Crippen LogP contribution is -2.44. The van der Waals surface area contributed by atoms with Crippen molar-refractivity contribution in [2.75, 3.05) is 43.4 Å². The summed E-state index contributed by atoms with van der Waals surface area (Å²) in [5.74, 6) is 0.367. The molecule has 1 fully saturated rings. The molecule has 1 aliphatic rings. The molecule has 2 heterocycles. The monoisotopic (exact) mass is 377 g/mol. The molecule has 1 saturated heterocycles. The summed E-state index contributed by atoms with van der Waals surface area (Å²) in [5.41, 5.74) is 3.37. The third-order valence-electron chi connectivity index (χ3n) is 5.08. The van der Waals surface area contributed by atoms with Gasteiger partial charge in [0, 0.05) is 37.3 Å². The van der Waals surface area contributed by atoms with Crippen LogP contribution in [0, 0.1) is 5.82 Å². The van der Waals surface area contributed by atoms with Gasteiger partial charge >= 0.3 is 0 Å². The first-order chi connectivity index (χ1) is 13.6. The topological polar surface area (TPSA) is 44.3 Å². The molecule has 1 aromatic heterocycles. The SMILES string of the molecule is C/C=C/c1ccc(Nc2ncnc3cc(N4CCN(C)CC4)c(F)cc23)cc1. The maximum absolute atomic E-state index is 14.9. The predicted octanol–water partition coefficient (Wildman–Crippen LogP) is 4.30. The molecular formula is C22H24FN5. The minimum Gasteiger partial charge on any atom is -0.367 e. The van der Waals surface area contributed by atoms with Gasteiger partial charge in [-0.3, -0.25) is 0 Å². The van der Waals surface area contributed by atoms with Crippen LogP contribution in [-0.2, 0) is 0 Å². The summed E-state index contributed by atoms with van der Waals surface area (Å²) in [4.78, 5) is 13.0. The minimum atomic E-state index is -0.238. The Hall–Kier alpha value is -2.99. The lowest BCUT2D eigenvalue weighted by Gasteiger charge is -2.34. The van der Waals surface area contributed by atoms with Crippen LogP contribution in [0.4, 0.5) is 21.6 Å². The van der Waals surface area contributed by atoms with Crippen molar-refractivity contribution in [1.29, 1.82) is 0 Å². The van der Waals surface area contributed by atoms with Crippen molar-refractivity contribution >= 4 is 34.2 Å². The standard InChI is InChI=1S/C22H24FN5/c1-3-4-16-5-7-17(8-6-16)26-22-18-13-19(23)21(14-20(18)24-15-25-22)28-11-9-27(2)10-12-28/h3-8,13-15H,9-12H2,1-2H3,(H,24,25,26)/b4-3+. The second-order valence-corrected chi connectivity index (χ2v) is 7.08. The Labute approximate surface area is 164 Å². The number of piperazine rings is 1. The van der Waals surface area contributed by atoms with Crippen LogP contribution >= 0.6 is 0 Å². The Morgan fingerprint density at radius 1 is 1.04 bits per heavy atom. The zero-order valence-corrected chi connectivity index (χ0v) is 16.2. The van der Waals surface area contributed by atoms with Gasteiger partial charge in [0.05, 0.1) is 11.2 Å². The Morgan fingerprint density at radius 2 is 1.79 bits per heavy atom. The van der Waals surface area contributed by atoms with Gasteiger partial charge < -0.3 is 15.1 Å². The fraction of sp³-hybridized carbons (Fsp3) is 0.273. The predicted molar refractivity (Wildman–Crippen MR) is 114 cm³/mol. The average molecular weight is 377 g/mol. The highest BCUT2D eigenvalue weighted by Gasteiger charge is 2.19. The summed E-state index contributed by atoms with van der Waals surface area (Å²) in [5, 5.41) is 3.96. The number of anilines is 3. The molecule has 0 bridgehead atoms. The number of hydrogen-bond acceptors (Lipinski definition) is 5. The first kappa shape index (κ1) is 18.4. The van der Waals surface area contributed by atoms with Gasteiger partial charge in [-0.2, -0.15) is 0 Å². The molecule has 1 aliphatic heterocycles. The molecule has 3 aromatic rings. The van der Waals surface area contributed by atoms with E-state index >= 15 is 0 Å². The summed E-state index contributed by atoms with van der Waals surface area (Å²) >= 11 is 0. The molecule has 28 heavy (non-hydrogen) atoms. The number of allylic oxidation sites excluding steroid dienone is 1. The van der Waals surface area contributed by atoms with Crippen LogP contribution in [0.25, 0.3) is 17.0 Å². The van der Waals surface area contributed by atoms with Gasteiger partial charge in [0.25, 0.3) is 0 Å². The second-order valence-electron chi connectivity index (χ2n) is 7.08. The zero-order chi connectivity index (χ0) is 19.5. The Kier molecular flexibility index (Phi) is 5.21. The van der Waals surface area contributed by atoms with Crippen LogP contribution < -0.4 is 10.2 Å². The molecule has 2 aromatic carbocycles. The van der Waals surface area contributed by atoms with E-state index in [1.807, 2.05) is 49.4 Å². The molecule has 6 heteroatoms. The van der Waals surface area contributed by atoms with Crippen molar-refractivity contribution in [3.63, 3.8) is 0 Å². The van der Waals surface area contributed by atoms with Crippen molar-refractivity contribution in [2.45, 2.75) is 6.92 Å². The van der Waals surface area contributed by atoms with Crippen molar-refractivity contribution in [1.82, 2.24) is 14.9 Å². The number of aromatic nitrogens is 2. The zero-order valence-electron chi connectivity index (χ0n) is 16.2. The van der Waals surface area contributed by atoms with Crippen LogP contribution in [0.3, 0.4) is 0 Å². The van der Waals surface area contributed by atoms with E-state index in [1.54, 1.807) is 6.07 Å². The summed E-state index contributed by atoms with van der Waals surface area (Å²) in [6, 6.07) is 11.4. The molecule has 0 aliphatic carbocycles. The molecule has 0 spiro atoms. The number of hydrogen-bond donors (Lipinski definition) is 1. The van der Waals surface area contributed by atoms with Crippen LogP contribution in [0.2, 0.25) is 0 Å². The van der Waals surface area contributed by atoms with E-state index in [0.29, 0.717) is 16.9 Å². The van der Waals surface area contributed by atoms with Gasteiger partial charge in [-0.15, -0.1) is 0 Å².